The second kappa shape index (κ2) is 6.31. The maximum Gasteiger partial charge on any atom is 0.297 e. The Bertz CT molecular complexity index is 796. The predicted octanol–water partition coefficient (Wildman–Crippen LogP) is 2.98. The highest BCUT2D eigenvalue weighted by molar-refractivity contribution is 7.86. The molecule has 23 heavy (non-hydrogen) atoms. The van der Waals surface area contributed by atoms with Gasteiger partial charge < -0.3 is 9.47 Å². The summed E-state index contributed by atoms with van der Waals surface area (Å²) in [6.07, 6.45) is -0.457. The molecule has 0 radical (unpaired) electrons. The zero-order valence-electron chi connectivity index (χ0n) is 13.0. The van der Waals surface area contributed by atoms with Gasteiger partial charge in [0.1, 0.15) is 11.9 Å². The Morgan fingerprint density at radius 3 is 2.61 bits per heavy atom. The summed E-state index contributed by atoms with van der Waals surface area (Å²) < 4.78 is 40.7. The molecule has 122 valence electrons. The second-order valence-electron chi connectivity index (χ2n) is 5.38. The molecule has 5 nitrogen and oxygen atoms in total. The van der Waals surface area contributed by atoms with Crippen LogP contribution in [0.2, 0.25) is 0 Å². The van der Waals surface area contributed by atoms with Crippen molar-refractivity contribution in [3.63, 3.8) is 0 Å². The zero-order chi connectivity index (χ0) is 16.4. The van der Waals surface area contributed by atoms with E-state index in [1.54, 1.807) is 19.2 Å². The van der Waals surface area contributed by atoms with Crippen LogP contribution in [0.3, 0.4) is 0 Å². The normalized spacial score (nSPS) is 17.0. The molecule has 3 rings (SSSR count). The van der Waals surface area contributed by atoms with Gasteiger partial charge in [0.25, 0.3) is 10.1 Å². The highest BCUT2D eigenvalue weighted by Gasteiger charge is 2.29. The monoisotopic (exact) mass is 334 g/mol. The standard InChI is InChI=1S/C17H18O5S/c1-12-6-8-14(9-7-12)23(18,19)22-11-16-17-13(10-21-16)4-3-5-15(17)20-2/h3-9,16H,10-11H2,1-2H3. The molecular formula is C17H18O5S. The van der Waals surface area contributed by atoms with E-state index in [0.717, 1.165) is 16.7 Å². The van der Waals surface area contributed by atoms with Crippen molar-refractivity contribution in [2.24, 2.45) is 0 Å². The Balaban J connectivity index is 1.77. The molecule has 0 aromatic heterocycles. The van der Waals surface area contributed by atoms with Crippen molar-refractivity contribution in [3.8, 4) is 5.75 Å². The summed E-state index contributed by atoms with van der Waals surface area (Å²) in [5.41, 5.74) is 2.83. The Labute approximate surface area is 135 Å². The van der Waals surface area contributed by atoms with Crippen LogP contribution in [0.4, 0.5) is 0 Å². The number of fused-ring (bicyclic) bond motifs is 1. The van der Waals surface area contributed by atoms with Crippen LogP contribution in [0.5, 0.6) is 5.75 Å². The molecule has 1 heterocycles. The molecule has 2 aromatic carbocycles. The summed E-state index contributed by atoms with van der Waals surface area (Å²) >= 11 is 0. The number of hydrogen-bond donors (Lipinski definition) is 0. The van der Waals surface area contributed by atoms with Gasteiger partial charge in [0.05, 0.1) is 25.2 Å². The van der Waals surface area contributed by atoms with Gasteiger partial charge in [-0.3, -0.25) is 4.18 Å². The largest absolute Gasteiger partial charge is 0.496 e. The van der Waals surface area contributed by atoms with Gasteiger partial charge >= 0.3 is 0 Å². The summed E-state index contributed by atoms with van der Waals surface area (Å²) in [6, 6.07) is 12.2. The van der Waals surface area contributed by atoms with Gasteiger partial charge in [-0.1, -0.05) is 29.8 Å². The molecule has 0 saturated heterocycles. The third kappa shape index (κ3) is 3.24. The summed E-state index contributed by atoms with van der Waals surface area (Å²) in [7, 11) is -2.23. The third-order valence-electron chi connectivity index (χ3n) is 3.82. The lowest BCUT2D eigenvalue weighted by atomic mass is 10.0. The van der Waals surface area contributed by atoms with Gasteiger partial charge in [-0.05, 0) is 30.7 Å². The van der Waals surface area contributed by atoms with Crippen molar-refractivity contribution in [1.82, 2.24) is 0 Å². The Kier molecular flexibility index (Phi) is 4.39. The van der Waals surface area contributed by atoms with Crippen LogP contribution in [-0.4, -0.2) is 22.1 Å². The van der Waals surface area contributed by atoms with Crippen LogP contribution >= 0.6 is 0 Å². The van der Waals surface area contributed by atoms with Crippen LogP contribution in [0.1, 0.15) is 22.8 Å². The highest BCUT2D eigenvalue weighted by Crippen LogP contribution is 2.38. The average Bonchev–Trinajstić information content (AvgIpc) is 2.97. The van der Waals surface area contributed by atoms with E-state index in [4.69, 9.17) is 13.7 Å². The molecule has 6 heteroatoms. The van der Waals surface area contributed by atoms with E-state index in [1.165, 1.54) is 12.1 Å². The molecule has 0 N–H and O–H groups in total. The predicted molar refractivity (Wildman–Crippen MR) is 84.8 cm³/mol. The van der Waals surface area contributed by atoms with E-state index in [9.17, 15) is 8.42 Å². The van der Waals surface area contributed by atoms with Crippen LogP contribution in [0.15, 0.2) is 47.4 Å². The van der Waals surface area contributed by atoms with Crippen molar-refractivity contribution in [3.05, 3.63) is 59.2 Å². The van der Waals surface area contributed by atoms with Crippen molar-refractivity contribution in [1.29, 1.82) is 0 Å². The van der Waals surface area contributed by atoms with Crippen LogP contribution < -0.4 is 4.74 Å². The lowest BCUT2D eigenvalue weighted by Crippen LogP contribution is -2.13. The van der Waals surface area contributed by atoms with Crippen molar-refractivity contribution >= 4 is 10.1 Å². The SMILES string of the molecule is COc1cccc2c1C(COS(=O)(=O)c1ccc(C)cc1)OC2. The molecule has 1 aliphatic rings. The molecule has 0 amide bonds. The van der Waals surface area contributed by atoms with E-state index >= 15 is 0 Å². The number of ether oxygens (including phenoxy) is 2. The second-order valence-corrected chi connectivity index (χ2v) is 7.00. The lowest BCUT2D eigenvalue weighted by molar-refractivity contribution is 0.0317. The Morgan fingerprint density at radius 2 is 1.91 bits per heavy atom. The number of aryl methyl sites for hydroxylation is 1. The van der Waals surface area contributed by atoms with Gasteiger partial charge in [-0.25, -0.2) is 0 Å². The van der Waals surface area contributed by atoms with E-state index in [2.05, 4.69) is 0 Å². The quantitative estimate of drug-likeness (QED) is 0.787. The fraction of sp³-hybridized carbons (Fsp3) is 0.294. The van der Waals surface area contributed by atoms with E-state index in [1.807, 2.05) is 25.1 Å². The number of hydrogen-bond acceptors (Lipinski definition) is 5. The van der Waals surface area contributed by atoms with E-state index in [-0.39, 0.29) is 11.5 Å². The summed E-state index contributed by atoms with van der Waals surface area (Å²) in [5, 5.41) is 0. The minimum Gasteiger partial charge on any atom is -0.496 e. The fourth-order valence-corrected chi connectivity index (χ4v) is 3.50. The van der Waals surface area contributed by atoms with Crippen molar-refractivity contribution < 1.29 is 22.1 Å². The first-order valence-corrected chi connectivity index (χ1v) is 8.65. The first kappa shape index (κ1) is 16.0. The summed E-state index contributed by atoms with van der Waals surface area (Å²) in [5.74, 6) is 0.682. The molecule has 0 bridgehead atoms. The van der Waals surface area contributed by atoms with Crippen LogP contribution in [-0.2, 0) is 25.6 Å². The molecule has 0 aliphatic carbocycles. The summed E-state index contributed by atoms with van der Waals surface area (Å²) in [4.78, 5) is 0.140. The van der Waals surface area contributed by atoms with Gasteiger partial charge in [-0.15, -0.1) is 0 Å². The number of rotatable bonds is 5. The maximum absolute atomic E-state index is 12.3. The minimum atomic E-state index is -3.81. The minimum absolute atomic E-state index is 0.0798. The molecule has 2 aromatic rings. The molecule has 1 atom stereocenters. The molecule has 0 spiro atoms. The molecule has 0 fully saturated rings. The Morgan fingerprint density at radius 1 is 1.17 bits per heavy atom. The smallest absolute Gasteiger partial charge is 0.297 e. The van der Waals surface area contributed by atoms with E-state index < -0.39 is 16.2 Å². The van der Waals surface area contributed by atoms with Gasteiger partial charge in [-0.2, -0.15) is 8.42 Å². The first-order valence-electron chi connectivity index (χ1n) is 7.25. The zero-order valence-corrected chi connectivity index (χ0v) is 13.8. The van der Waals surface area contributed by atoms with E-state index in [0.29, 0.717) is 12.4 Å². The van der Waals surface area contributed by atoms with Crippen LogP contribution in [0.25, 0.3) is 0 Å². The molecular weight excluding hydrogens is 316 g/mol. The molecule has 0 saturated carbocycles. The first-order chi connectivity index (χ1) is 11.0. The molecule has 1 aliphatic heterocycles. The number of benzene rings is 2. The molecule has 1 unspecified atom stereocenters. The van der Waals surface area contributed by atoms with Gasteiger partial charge in [0.15, 0.2) is 0 Å². The fourth-order valence-electron chi connectivity index (χ4n) is 2.59. The topological polar surface area (TPSA) is 61.8 Å². The van der Waals surface area contributed by atoms with Crippen molar-refractivity contribution in [2.45, 2.75) is 24.5 Å². The van der Waals surface area contributed by atoms with Gasteiger partial charge in [0, 0.05) is 5.56 Å². The average molecular weight is 334 g/mol. The third-order valence-corrected chi connectivity index (χ3v) is 5.12. The van der Waals surface area contributed by atoms with Crippen LogP contribution in [0, 0.1) is 6.92 Å². The number of methoxy groups -OCH3 is 1. The lowest BCUT2D eigenvalue weighted by Gasteiger charge is -2.14. The summed E-state index contributed by atoms with van der Waals surface area (Å²) in [6.45, 7) is 2.24. The Hall–Kier alpha value is -1.89. The van der Waals surface area contributed by atoms with Gasteiger partial charge in [0.2, 0.25) is 0 Å². The highest BCUT2D eigenvalue weighted by atomic mass is 32.2. The maximum atomic E-state index is 12.3. The van der Waals surface area contributed by atoms with Crippen molar-refractivity contribution in [2.75, 3.05) is 13.7 Å².